The van der Waals surface area contributed by atoms with Crippen LogP contribution in [-0.4, -0.2) is 41.1 Å². The van der Waals surface area contributed by atoms with Crippen LogP contribution in [0.15, 0.2) is 0 Å². The van der Waals surface area contributed by atoms with Gasteiger partial charge in [-0.2, -0.15) is 11.8 Å². The molecule has 2 nitrogen and oxygen atoms in total. The maximum atomic E-state index is 6.20. The summed E-state index contributed by atoms with van der Waals surface area (Å²) in [7, 11) is 0. The molecule has 3 fully saturated rings. The molecule has 2 aliphatic carbocycles. The van der Waals surface area contributed by atoms with Crippen molar-refractivity contribution in [3.63, 3.8) is 0 Å². The fourth-order valence-electron chi connectivity index (χ4n) is 3.25. The van der Waals surface area contributed by atoms with Crippen molar-refractivity contribution in [2.24, 2.45) is 17.6 Å². The molecular weight excluding hydrogens is 228 g/mol. The Balaban J connectivity index is 1.72. The lowest BCUT2D eigenvalue weighted by Gasteiger charge is -2.44. The fourth-order valence-corrected chi connectivity index (χ4v) is 4.74. The molecule has 0 aromatic carbocycles. The molecule has 98 valence electrons. The van der Waals surface area contributed by atoms with Crippen molar-refractivity contribution in [1.82, 2.24) is 4.90 Å². The van der Waals surface area contributed by atoms with Crippen molar-refractivity contribution in [3.8, 4) is 0 Å². The van der Waals surface area contributed by atoms with Gasteiger partial charge in [0.15, 0.2) is 0 Å². The van der Waals surface area contributed by atoms with Crippen LogP contribution in [0.5, 0.6) is 0 Å². The predicted octanol–water partition coefficient (Wildman–Crippen LogP) is 2.33. The highest BCUT2D eigenvalue weighted by Crippen LogP contribution is 2.44. The van der Waals surface area contributed by atoms with Crippen LogP contribution in [0.25, 0.3) is 0 Å². The summed E-state index contributed by atoms with van der Waals surface area (Å²) in [5.74, 6) is 3.30. The summed E-state index contributed by atoms with van der Waals surface area (Å²) in [6.45, 7) is 5.93. The highest BCUT2D eigenvalue weighted by atomic mass is 32.2. The van der Waals surface area contributed by atoms with Crippen LogP contribution in [0.4, 0.5) is 0 Å². The lowest BCUT2D eigenvalue weighted by molar-refractivity contribution is 0.0859. The number of hydrogen-bond acceptors (Lipinski definition) is 3. The van der Waals surface area contributed by atoms with Gasteiger partial charge < -0.3 is 5.73 Å². The number of nitrogens with zero attached hydrogens (tertiary/aromatic N) is 1. The van der Waals surface area contributed by atoms with Crippen LogP contribution in [0.2, 0.25) is 0 Å². The van der Waals surface area contributed by atoms with E-state index in [0.717, 1.165) is 23.6 Å². The van der Waals surface area contributed by atoms with Crippen molar-refractivity contribution >= 4 is 11.8 Å². The number of rotatable bonds is 6. The van der Waals surface area contributed by atoms with Crippen LogP contribution in [0.3, 0.4) is 0 Å². The zero-order chi connectivity index (χ0) is 11.9. The van der Waals surface area contributed by atoms with Gasteiger partial charge in [-0.3, -0.25) is 4.90 Å². The third kappa shape index (κ3) is 2.52. The molecule has 1 saturated heterocycles. The van der Waals surface area contributed by atoms with E-state index in [1.54, 1.807) is 0 Å². The molecule has 3 heteroatoms. The average molecular weight is 254 g/mol. The molecule has 0 amide bonds. The first-order chi connectivity index (χ1) is 8.24. The molecule has 0 aromatic rings. The molecule has 0 aromatic heterocycles. The van der Waals surface area contributed by atoms with Crippen LogP contribution < -0.4 is 5.73 Å². The molecule has 17 heavy (non-hydrogen) atoms. The van der Waals surface area contributed by atoms with E-state index in [4.69, 9.17) is 5.73 Å². The van der Waals surface area contributed by atoms with Gasteiger partial charge in [-0.05, 0) is 49.7 Å². The molecule has 2 saturated carbocycles. The Morgan fingerprint density at radius 2 is 1.76 bits per heavy atom. The van der Waals surface area contributed by atoms with E-state index in [2.05, 4.69) is 23.6 Å². The third-order valence-electron chi connectivity index (χ3n) is 4.99. The summed E-state index contributed by atoms with van der Waals surface area (Å²) in [4.78, 5) is 2.81. The number of thioether (sulfide) groups is 1. The van der Waals surface area contributed by atoms with Crippen molar-refractivity contribution in [3.05, 3.63) is 0 Å². The van der Waals surface area contributed by atoms with E-state index in [9.17, 15) is 0 Å². The molecule has 2 N–H and O–H groups in total. The van der Waals surface area contributed by atoms with Gasteiger partial charge in [0.05, 0.1) is 0 Å². The van der Waals surface area contributed by atoms with Crippen LogP contribution >= 0.6 is 11.8 Å². The van der Waals surface area contributed by atoms with Crippen molar-refractivity contribution in [2.75, 3.05) is 25.4 Å². The number of nitrogens with two attached hydrogens (primary N) is 1. The Bertz CT molecular complexity index is 261. The van der Waals surface area contributed by atoms with E-state index in [1.807, 2.05) is 0 Å². The topological polar surface area (TPSA) is 29.3 Å². The molecule has 0 spiro atoms. The standard InChI is InChI=1S/C14H26N2S/c1-11-14(10-15,6-7-17-11)16(8-12-2-3-12)9-13-4-5-13/h11-13H,2-10,15H2,1H3. The maximum Gasteiger partial charge on any atom is 0.0455 e. The van der Waals surface area contributed by atoms with Crippen molar-refractivity contribution < 1.29 is 0 Å². The van der Waals surface area contributed by atoms with Gasteiger partial charge in [0.25, 0.3) is 0 Å². The highest BCUT2D eigenvalue weighted by Gasteiger charge is 2.47. The normalized spacial score (nSPS) is 37.9. The summed E-state index contributed by atoms with van der Waals surface area (Å²) in [6.07, 6.45) is 7.16. The van der Waals surface area contributed by atoms with E-state index in [1.165, 1.54) is 50.9 Å². The molecule has 2 unspecified atom stereocenters. The summed E-state index contributed by atoms with van der Waals surface area (Å²) in [6, 6.07) is 0. The second-order valence-corrected chi connectivity index (χ2v) is 7.81. The minimum absolute atomic E-state index is 0.329. The molecule has 3 rings (SSSR count). The Kier molecular flexibility index (Phi) is 3.44. The van der Waals surface area contributed by atoms with E-state index >= 15 is 0 Å². The van der Waals surface area contributed by atoms with Crippen molar-refractivity contribution in [1.29, 1.82) is 0 Å². The van der Waals surface area contributed by atoms with Gasteiger partial charge >= 0.3 is 0 Å². The fraction of sp³-hybridized carbons (Fsp3) is 1.00. The maximum absolute atomic E-state index is 6.20. The second-order valence-electron chi connectivity index (χ2n) is 6.36. The van der Waals surface area contributed by atoms with E-state index < -0.39 is 0 Å². The molecule has 3 aliphatic rings. The van der Waals surface area contributed by atoms with Gasteiger partial charge in [0.1, 0.15) is 0 Å². The Labute approximate surface area is 110 Å². The highest BCUT2D eigenvalue weighted by molar-refractivity contribution is 8.00. The molecule has 0 bridgehead atoms. The quantitative estimate of drug-likeness (QED) is 0.789. The number of hydrogen-bond donors (Lipinski definition) is 1. The van der Waals surface area contributed by atoms with Crippen LogP contribution in [0.1, 0.15) is 39.0 Å². The van der Waals surface area contributed by atoms with Gasteiger partial charge in [-0.25, -0.2) is 0 Å². The first kappa shape index (κ1) is 12.3. The Hall–Kier alpha value is 0.270. The van der Waals surface area contributed by atoms with Gasteiger partial charge in [0.2, 0.25) is 0 Å². The van der Waals surface area contributed by atoms with E-state index in [0.29, 0.717) is 5.54 Å². The van der Waals surface area contributed by atoms with Crippen LogP contribution in [0, 0.1) is 11.8 Å². The summed E-state index contributed by atoms with van der Waals surface area (Å²) >= 11 is 2.13. The lowest BCUT2D eigenvalue weighted by Crippen LogP contribution is -2.58. The molecule has 0 radical (unpaired) electrons. The SMILES string of the molecule is CC1SCCC1(CN)N(CC1CC1)CC1CC1. The molecule has 1 heterocycles. The Morgan fingerprint density at radius 1 is 1.18 bits per heavy atom. The van der Waals surface area contributed by atoms with E-state index in [-0.39, 0.29) is 0 Å². The van der Waals surface area contributed by atoms with Gasteiger partial charge in [0, 0.05) is 30.4 Å². The first-order valence-corrected chi connectivity index (χ1v) is 8.36. The first-order valence-electron chi connectivity index (χ1n) is 7.31. The summed E-state index contributed by atoms with van der Waals surface area (Å²) in [5, 5.41) is 0.727. The smallest absolute Gasteiger partial charge is 0.0455 e. The predicted molar refractivity (Wildman–Crippen MR) is 75.3 cm³/mol. The average Bonchev–Trinajstić information content (AvgIpc) is 3.22. The summed E-state index contributed by atoms with van der Waals surface area (Å²) in [5.41, 5.74) is 6.53. The largest absolute Gasteiger partial charge is 0.329 e. The molecule has 2 atom stereocenters. The summed E-state index contributed by atoms with van der Waals surface area (Å²) < 4.78 is 0. The molecule has 1 aliphatic heterocycles. The zero-order valence-electron chi connectivity index (χ0n) is 11.0. The zero-order valence-corrected chi connectivity index (χ0v) is 11.8. The molecular formula is C14H26N2S. The monoisotopic (exact) mass is 254 g/mol. The minimum atomic E-state index is 0.329. The third-order valence-corrected chi connectivity index (χ3v) is 6.37. The van der Waals surface area contributed by atoms with Crippen LogP contribution in [-0.2, 0) is 0 Å². The second kappa shape index (κ2) is 4.75. The van der Waals surface area contributed by atoms with Crippen molar-refractivity contribution in [2.45, 2.75) is 49.8 Å². The van der Waals surface area contributed by atoms with Gasteiger partial charge in [-0.15, -0.1) is 0 Å². The minimum Gasteiger partial charge on any atom is -0.329 e. The lowest BCUT2D eigenvalue weighted by atomic mass is 9.89. The Morgan fingerprint density at radius 3 is 2.12 bits per heavy atom. The van der Waals surface area contributed by atoms with Gasteiger partial charge in [-0.1, -0.05) is 6.92 Å².